The minimum Gasteiger partial charge on any atom is -0.477 e. The van der Waals surface area contributed by atoms with Crippen molar-refractivity contribution in [1.82, 2.24) is 0 Å². The Bertz CT molecular complexity index is 113. The second-order valence-corrected chi connectivity index (χ2v) is 1.75. The van der Waals surface area contributed by atoms with Gasteiger partial charge >= 0.3 is 0 Å². The van der Waals surface area contributed by atoms with Crippen molar-refractivity contribution >= 4 is 0 Å². The normalized spacial score (nSPS) is 28.6. The average molecular weight is 117 g/mol. The Labute approximate surface area is 47.1 Å². The van der Waals surface area contributed by atoms with Crippen molar-refractivity contribution in [3.05, 3.63) is 12.0 Å². The molecule has 0 aromatic heterocycles. The van der Waals surface area contributed by atoms with Gasteiger partial charge in [0.25, 0.3) is 0 Å². The standard InChI is InChI=1S/C5H8FNO/c6-4-1-2-5(7)8-3-4/h2,4H,1,3,7H2/t4-/m0/s1. The van der Waals surface area contributed by atoms with Crippen molar-refractivity contribution < 1.29 is 9.13 Å². The summed E-state index contributed by atoms with van der Waals surface area (Å²) in [5.74, 6) is 0.346. The molecule has 2 N–H and O–H groups in total. The zero-order valence-corrected chi connectivity index (χ0v) is 4.43. The van der Waals surface area contributed by atoms with Crippen molar-refractivity contribution in [1.29, 1.82) is 0 Å². The third-order valence-corrected chi connectivity index (χ3v) is 1.01. The van der Waals surface area contributed by atoms with E-state index in [0.29, 0.717) is 12.3 Å². The van der Waals surface area contributed by atoms with Crippen molar-refractivity contribution in [2.45, 2.75) is 12.6 Å². The lowest BCUT2D eigenvalue weighted by Gasteiger charge is -2.13. The minimum atomic E-state index is -0.859. The first-order valence-corrected chi connectivity index (χ1v) is 2.51. The van der Waals surface area contributed by atoms with Gasteiger partial charge in [0.2, 0.25) is 0 Å². The molecule has 1 rings (SSSR count). The molecule has 0 fully saturated rings. The largest absolute Gasteiger partial charge is 0.477 e. The molecule has 1 aliphatic rings. The number of hydrogen-bond acceptors (Lipinski definition) is 2. The molecule has 0 unspecified atom stereocenters. The number of alkyl halides is 1. The van der Waals surface area contributed by atoms with E-state index in [9.17, 15) is 4.39 Å². The van der Waals surface area contributed by atoms with E-state index in [-0.39, 0.29) is 6.61 Å². The maximum Gasteiger partial charge on any atom is 0.180 e. The highest BCUT2D eigenvalue weighted by atomic mass is 19.1. The Hall–Kier alpha value is -0.730. The molecule has 0 aliphatic carbocycles. The third kappa shape index (κ3) is 1.12. The highest BCUT2D eigenvalue weighted by molar-refractivity contribution is 4.92. The molecule has 0 amide bonds. The van der Waals surface area contributed by atoms with Crippen LogP contribution in [0.4, 0.5) is 4.39 Å². The Morgan fingerprint density at radius 1 is 1.88 bits per heavy atom. The fraction of sp³-hybridized carbons (Fsp3) is 0.600. The van der Waals surface area contributed by atoms with E-state index in [1.807, 2.05) is 0 Å². The first-order chi connectivity index (χ1) is 3.79. The van der Waals surface area contributed by atoms with E-state index >= 15 is 0 Å². The van der Waals surface area contributed by atoms with Crippen molar-refractivity contribution in [2.24, 2.45) is 5.73 Å². The lowest BCUT2D eigenvalue weighted by molar-refractivity contribution is 0.115. The van der Waals surface area contributed by atoms with Gasteiger partial charge in [-0.1, -0.05) is 0 Å². The minimum absolute atomic E-state index is 0.113. The zero-order chi connectivity index (χ0) is 5.98. The Kier molecular flexibility index (Phi) is 1.37. The second kappa shape index (κ2) is 2.03. The molecule has 0 bridgehead atoms. The molecule has 46 valence electrons. The molecule has 1 aliphatic heterocycles. The van der Waals surface area contributed by atoms with E-state index in [1.54, 1.807) is 6.08 Å². The van der Waals surface area contributed by atoms with Crippen LogP contribution in [-0.2, 0) is 4.74 Å². The predicted octanol–water partition coefficient (Wildman–Crippen LogP) is 0.545. The van der Waals surface area contributed by atoms with Crippen LogP contribution in [-0.4, -0.2) is 12.8 Å². The van der Waals surface area contributed by atoms with Crippen molar-refractivity contribution in [3.63, 3.8) is 0 Å². The van der Waals surface area contributed by atoms with E-state index in [0.717, 1.165) is 0 Å². The van der Waals surface area contributed by atoms with Gasteiger partial charge in [0.15, 0.2) is 5.88 Å². The van der Waals surface area contributed by atoms with Crippen LogP contribution in [0.1, 0.15) is 6.42 Å². The second-order valence-electron chi connectivity index (χ2n) is 1.75. The molecule has 1 heterocycles. The Morgan fingerprint density at radius 3 is 3.00 bits per heavy atom. The first-order valence-electron chi connectivity index (χ1n) is 2.51. The highest BCUT2D eigenvalue weighted by Crippen LogP contribution is 2.08. The quantitative estimate of drug-likeness (QED) is 0.502. The molecular formula is C5H8FNO. The van der Waals surface area contributed by atoms with E-state index in [1.165, 1.54) is 0 Å². The summed E-state index contributed by atoms with van der Waals surface area (Å²) in [4.78, 5) is 0. The molecule has 1 atom stereocenters. The Balaban J connectivity index is 2.42. The smallest absolute Gasteiger partial charge is 0.180 e. The number of rotatable bonds is 0. The topological polar surface area (TPSA) is 35.2 Å². The van der Waals surface area contributed by atoms with Crippen molar-refractivity contribution in [2.75, 3.05) is 6.61 Å². The summed E-state index contributed by atoms with van der Waals surface area (Å²) in [6, 6.07) is 0. The van der Waals surface area contributed by atoms with Crippen LogP contribution in [0.25, 0.3) is 0 Å². The maximum atomic E-state index is 12.1. The highest BCUT2D eigenvalue weighted by Gasteiger charge is 2.10. The van der Waals surface area contributed by atoms with Crippen LogP contribution in [0, 0.1) is 0 Å². The van der Waals surface area contributed by atoms with Gasteiger partial charge in [0.1, 0.15) is 12.8 Å². The van der Waals surface area contributed by atoms with Gasteiger partial charge in [0.05, 0.1) is 0 Å². The number of halogens is 1. The SMILES string of the molecule is NC1=CC[C@H](F)CO1. The summed E-state index contributed by atoms with van der Waals surface area (Å²) in [7, 11) is 0. The molecule has 0 saturated carbocycles. The number of nitrogens with two attached hydrogens (primary N) is 1. The monoisotopic (exact) mass is 117 g/mol. The number of allylic oxidation sites excluding steroid dienone is 1. The summed E-state index contributed by atoms with van der Waals surface area (Å²) in [5, 5.41) is 0. The predicted molar refractivity (Wildman–Crippen MR) is 27.7 cm³/mol. The van der Waals surface area contributed by atoms with Gasteiger partial charge in [-0.2, -0.15) is 0 Å². The summed E-state index contributed by atoms with van der Waals surface area (Å²) in [6.07, 6.45) is 1.09. The third-order valence-electron chi connectivity index (χ3n) is 1.01. The van der Waals surface area contributed by atoms with E-state index in [2.05, 4.69) is 4.74 Å². The fourth-order valence-corrected chi connectivity index (χ4v) is 0.558. The van der Waals surface area contributed by atoms with Gasteiger partial charge in [0, 0.05) is 6.42 Å². The van der Waals surface area contributed by atoms with Gasteiger partial charge < -0.3 is 10.5 Å². The molecule has 0 spiro atoms. The molecule has 0 saturated heterocycles. The summed E-state index contributed by atoms with van der Waals surface area (Å²) >= 11 is 0. The molecule has 0 aromatic carbocycles. The van der Waals surface area contributed by atoms with Gasteiger partial charge in [-0.3, -0.25) is 0 Å². The molecule has 0 aromatic rings. The molecule has 3 heteroatoms. The maximum absolute atomic E-state index is 12.1. The van der Waals surface area contributed by atoms with Gasteiger partial charge in [-0.15, -0.1) is 0 Å². The average Bonchev–Trinajstić information content (AvgIpc) is 1.77. The molecule has 2 nitrogen and oxygen atoms in total. The summed E-state index contributed by atoms with van der Waals surface area (Å²) in [6.45, 7) is 0.113. The van der Waals surface area contributed by atoms with Crippen LogP contribution in [0.5, 0.6) is 0 Å². The van der Waals surface area contributed by atoms with E-state index < -0.39 is 6.17 Å². The summed E-state index contributed by atoms with van der Waals surface area (Å²) < 4.78 is 16.8. The fourth-order valence-electron chi connectivity index (χ4n) is 0.558. The number of hydrogen-bond donors (Lipinski definition) is 1. The van der Waals surface area contributed by atoms with Crippen LogP contribution >= 0.6 is 0 Å². The van der Waals surface area contributed by atoms with Crippen LogP contribution < -0.4 is 5.73 Å². The van der Waals surface area contributed by atoms with Crippen LogP contribution in [0.3, 0.4) is 0 Å². The molecule has 0 radical (unpaired) electrons. The summed E-state index contributed by atoms with van der Waals surface area (Å²) in [5.41, 5.74) is 5.17. The number of ether oxygens (including phenoxy) is 1. The van der Waals surface area contributed by atoms with Crippen LogP contribution in [0.2, 0.25) is 0 Å². The van der Waals surface area contributed by atoms with Crippen molar-refractivity contribution in [3.8, 4) is 0 Å². The van der Waals surface area contributed by atoms with Gasteiger partial charge in [-0.05, 0) is 6.08 Å². The van der Waals surface area contributed by atoms with Crippen LogP contribution in [0.15, 0.2) is 12.0 Å². The molecular weight excluding hydrogens is 109 g/mol. The first kappa shape index (κ1) is 5.41. The lowest BCUT2D eigenvalue weighted by Crippen LogP contribution is -2.18. The Morgan fingerprint density at radius 2 is 2.62 bits per heavy atom. The zero-order valence-electron chi connectivity index (χ0n) is 4.43. The lowest BCUT2D eigenvalue weighted by atomic mass is 10.2. The molecule has 8 heavy (non-hydrogen) atoms. The van der Waals surface area contributed by atoms with E-state index in [4.69, 9.17) is 5.73 Å². The van der Waals surface area contributed by atoms with Gasteiger partial charge in [-0.25, -0.2) is 4.39 Å².